The number of likely N-dealkylation sites (tertiary alicyclic amines) is 1. The van der Waals surface area contributed by atoms with E-state index < -0.39 is 12.2 Å². The molecule has 0 bridgehead atoms. The summed E-state index contributed by atoms with van der Waals surface area (Å²) in [5.74, 6) is 0.0539. The first-order chi connectivity index (χ1) is 14.0. The first kappa shape index (κ1) is 20.8. The third kappa shape index (κ3) is 5.54. The van der Waals surface area contributed by atoms with Gasteiger partial charge in [0.2, 0.25) is 0 Å². The number of nitrogens with two attached hydrogens (primary N) is 1. The topological polar surface area (TPSA) is 125 Å². The maximum atomic E-state index is 12.2. The molecule has 1 aliphatic rings. The van der Waals surface area contributed by atoms with Crippen LogP contribution in [0.15, 0.2) is 48.5 Å². The zero-order chi connectivity index (χ0) is 20.8. The number of carbonyl (C=O) groups is 2. The minimum Gasteiger partial charge on any atom is -0.484 e. The minimum absolute atomic E-state index is 0.108. The van der Waals surface area contributed by atoms with E-state index in [1.807, 2.05) is 12.1 Å². The smallest absolute Gasteiger partial charge is 0.260 e. The number of aliphatic hydroxyl groups is 2. The molecule has 1 saturated heterocycles. The molecular weight excluding hydrogens is 374 g/mol. The summed E-state index contributed by atoms with van der Waals surface area (Å²) in [5.41, 5.74) is 7.97. The van der Waals surface area contributed by atoms with Crippen molar-refractivity contribution in [2.45, 2.75) is 25.3 Å². The SMILES string of the molecule is NCc1ccc(C(=O)NCc2ccc(OCC(=O)N3C[C@H](O)[C@@H](O)C3)cc2)cc1. The molecule has 154 valence electrons. The Labute approximate surface area is 168 Å². The summed E-state index contributed by atoms with van der Waals surface area (Å²) in [5, 5.41) is 21.8. The number of amides is 2. The van der Waals surface area contributed by atoms with Crippen LogP contribution in [0.1, 0.15) is 21.5 Å². The van der Waals surface area contributed by atoms with E-state index in [4.69, 9.17) is 10.5 Å². The number of nitrogens with one attached hydrogen (secondary N) is 1. The Morgan fingerprint density at radius 1 is 1.00 bits per heavy atom. The maximum absolute atomic E-state index is 12.2. The van der Waals surface area contributed by atoms with Crippen molar-refractivity contribution in [1.29, 1.82) is 0 Å². The summed E-state index contributed by atoms with van der Waals surface area (Å²) in [6.07, 6.45) is -1.82. The number of rotatable bonds is 7. The molecule has 0 radical (unpaired) electrons. The molecule has 0 aliphatic carbocycles. The zero-order valence-corrected chi connectivity index (χ0v) is 16.0. The molecular formula is C21H25N3O5. The van der Waals surface area contributed by atoms with Gasteiger partial charge in [0.05, 0.1) is 12.2 Å². The molecule has 5 N–H and O–H groups in total. The number of benzene rings is 2. The van der Waals surface area contributed by atoms with E-state index >= 15 is 0 Å². The van der Waals surface area contributed by atoms with Gasteiger partial charge in [0.1, 0.15) is 5.75 Å². The van der Waals surface area contributed by atoms with Gasteiger partial charge in [0.25, 0.3) is 11.8 Å². The van der Waals surface area contributed by atoms with Crippen LogP contribution in [-0.2, 0) is 17.9 Å². The van der Waals surface area contributed by atoms with Crippen LogP contribution in [0.4, 0.5) is 0 Å². The van der Waals surface area contributed by atoms with Crippen LogP contribution < -0.4 is 15.8 Å². The monoisotopic (exact) mass is 399 g/mol. The van der Waals surface area contributed by atoms with Crippen molar-refractivity contribution < 1.29 is 24.5 Å². The summed E-state index contributed by atoms with van der Waals surface area (Å²) < 4.78 is 5.47. The first-order valence-corrected chi connectivity index (χ1v) is 9.39. The largest absolute Gasteiger partial charge is 0.484 e. The predicted molar refractivity (Wildman–Crippen MR) is 106 cm³/mol. The Morgan fingerprint density at radius 2 is 1.59 bits per heavy atom. The van der Waals surface area contributed by atoms with E-state index in [0.717, 1.165) is 11.1 Å². The van der Waals surface area contributed by atoms with E-state index in [2.05, 4.69) is 5.32 Å². The Balaban J connectivity index is 1.45. The molecule has 2 atom stereocenters. The average molecular weight is 399 g/mol. The number of hydrogen-bond acceptors (Lipinski definition) is 6. The van der Waals surface area contributed by atoms with Gasteiger partial charge in [-0.3, -0.25) is 9.59 Å². The molecule has 8 nitrogen and oxygen atoms in total. The van der Waals surface area contributed by atoms with Gasteiger partial charge in [0, 0.05) is 31.7 Å². The van der Waals surface area contributed by atoms with Crippen LogP contribution in [0.5, 0.6) is 5.75 Å². The predicted octanol–water partition coefficient (Wildman–Crippen LogP) is 0.0181. The van der Waals surface area contributed by atoms with Gasteiger partial charge in [-0.2, -0.15) is 0 Å². The van der Waals surface area contributed by atoms with Crippen LogP contribution >= 0.6 is 0 Å². The number of carbonyl (C=O) groups excluding carboxylic acids is 2. The van der Waals surface area contributed by atoms with E-state index in [-0.39, 0.29) is 31.5 Å². The normalized spacial score (nSPS) is 18.5. The van der Waals surface area contributed by atoms with E-state index in [9.17, 15) is 19.8 Å². The lowest BCUT2D eigenvalue weighted by Crippen LogP contribution is -2.33. The summed E-state index contributed by atoms with van der Waals surface area (Å²) in [6.45, 7) is 0.840. The number of nitrogens with zero attached hydrogens (tertiary/aromatic N) is 1. The summed E-state index contributed by atoms with van der Waals surface area (Å²) in [7, 11) is 0. The molecule has 2 aromatic rings. The second-order valence-electron chi connectivity index (χ2n) is 6.95. The highest BCUT2D eigenvalue weighted by molar-refractivity contribution is 5.94. The zero-order valence-electron chi connectivity index (χ0n) is 16.0. The number of aliphatic hydroxyl groups excluding tert-OH is 2. The highest BCUT2D eigenvalue weighted by atomic mass is 16.5. The number of ether oxygens (including phenoxy) is 1. The van der Waals surface area contributed by atoms with E-state index in [0.29, 0.717) is 24.4 Å². The second kappa shape index (κ2) is 9.51. The van der Waals surface area contributed by atoms with Gasteiger partial charge in [-0.1, -0.05) is 24.3 Å². The Morgan fingerprint density at radius 3 is 2.17 bits per heavy atom. The Kier molecular flexibility index (Phi) is 6.82. The molecule has 0 spiro atoms. The molecule has 2 aromatic carbocycles. The number of β-amino-alcohol motifs (C(OH)–C–C–N with tert-alkyl or cyclic N) is 2. The lowest BCUT2D eigenvalue weighted by atomic mass is 10.1. The van der Waals surface area contributed by atoms with Gasteiger partial charge >= 0.3 is 0 Å². The average Bonchev–Trinajstić information content (AvgIpc) is 3.09. The van der Waals surface area contributed by atoms with Gasteiger partial charge in [-0.05, 0) is 35.4 Å². The van der Waals surface area contributed by atoms with E-state index in [1.54, 1.807) is 36.4 Å². The van der Waals surface area contributed by atoms with Crippen LogP contribution in [0, 0.1) is 0 Å². The fraction of sp³-hybridized carbons (Fsp3) is 0.333. The summed E-state index contributed by atoms with van der Waals surface area (Å²) in [6, 6.07) is 14.2. The molecule has 2 amide bonds. The van der Waals surface area contributed by atoms with Crippen LogP contribution in [0.25, 0.3) is 0 Å². The van der Waals surface area contributed by atoms with Crippen LogP contribution in [0.3, 0.4) is 0 Å². The standard InChI is InChI=1S/C21H25N3O5/c22-9-14-1-5-16(6-2-14)21(28)23-10-15-3-7-17(8-4-15)29-13-20(27)24-11-18(25)19(26)12-24/h1-8,18-19,25-26H,9-13,22H2,(H,23,28)/t18-,19-/m0/s1. The van der Waals surface area contributed by atoms with Crippen LogP contribution in [-0.4, -0.2) is 58.8 Å². The van der Waals surface area contributed by atoms with Gasteiger partial charge in [0.15, 0.2) is 6.61 Å². The quantitative estimate of drug-likeness (QED) is 0.520. The van der Waals surface area contributed by atoms with Crippen molar-refractivity contribution in [3.05, 3.63) is 65.2 Å². The molecule has 0 aromatic heterocycles. The van der Waals surface area contributed by atoms with Crippen molar-refractivity contribution in [2.24, 2.45) is 5.73 Å². The third-order valence-electron chi connectivity index (χ3n) is 4.80. The van der Waals surface area contributed by atoms with Crippen LogP contribution in [0.2, 0.25) is 0 Å². The highest BCUT2D eigenvalue weighted by Crippen LogP contribution is 2.14. The first-order valence-electron chi connectivity index (χ1n) is 9.39. The fourth-order valence-electron chi connectivity index (χ4n) is 2.99. The van der Waals surface area contributed by atoms with Gasteiger partial charge in [-0.25, -0.2) is 0 Å². The number of hydrogen-bond donors (Lipinski definition) is 4. The summed E-state index contributed by atoms with van der Waals surface area (Å²) in [4.78, 5) is 25.6. The molecule has 1 heterocycles. The Bertz CT molecular complexity index is 828. The minimum atomic E-state index is -0.910. The van der Waals surface area contributed by atoms with Crippen molar-refractivity contribution in [2.75, 3.05) is 19.7 Å². The van der Waals surface area contributed by atoms with Gasteiger partial charge in [-0.15, -0.1) is 0 Å². The third-order valence-corrected chi connectivity index (χ3v) is 4.80. The van der Waals surface area contributed by atoms with Crippen molar-refractivity contribution >= 4 is 11.8 Å². The lowest BCUT2D eigenvalue weighted by Gasteiger charge is -2.15. The molecule has 0 unspecified atom stereocenters. The van der Waals surface area contributed by atoms with E-state index in [1.165, 1.54) is 4.90 Å². The molecule has 1 fully saturated rings. The van der Waals surface area contributed by atoms with Crippen molar-refractivity contribution in [3.63, 3.8) is 0 Å². The van der Waals surface area contributed by atoms with Crippen molar-refractivity contribution in [3.8, 4) is 5.75 Å². The molecule has 1 aliphatic heterocycles. The van der Waals surface area contributed by atoms with Crippen molar-refractivity contribution in [1.82, 2.24) is 10.2 Å². The summed E-state index contributed by atoms with van der Waals surface area (Å²) >= 11 is 0. The Hall–Kier alpha value is -2.94. The maximum Gasteiger partial charge on any atom is 0.260 e. The molecule has 8 heteroatoms. The second-order valence-corrected chi connectivity index (χ2v) is 6.95. The highest BCUT2D eigenvalue weighted by Gasteiger charge is 2.32. The van der Waals surface area contributed by atoms with Gasteiger partial charge < -0.3 is 30.9 Å². The molecule has 3 rings (SSSR count). The molecule has 0 saturated carbocycles. The fourth-order valence-corrected chi connectivity index (χ4v) is 2.99. The molecule has 29 heavy (non-hydrogen) atoms. The lowest BCUT2D eigenvalue weighted by molar-refractivity contribution is -0.132.